The van der Waals surface area contributed by atoms with Crippen molar-refractivity contribution in [3.63, 3.8) is 0 Å². The van der Waals surface area contributed by atoms with Gasteiger partial charge in [0.25, 0.3) is 5.91 Å². The van der Waals surface area contributed by atoms with Crippen molar-refractivity contribution in [2.75, 3.05) is 0 Å². The summed E-state index contributed by atoms with van der Waals surface area (Å²) < 4.78 is 0.946. The van der Waals surface area contributed by atoms with Crippen molar-refractivity contribution in [1.29, 1.82) is 0 Å². The van der Waals surface area contributed by atoms with E-state index in [-0.39, 0.29) is 11.3 Å². The Hall–Kier alpha value is -2.08. The van der Waals surface area contributed by atoms with E-state index in [1.807, 2.05) is 24.3 Å². The average molecular weight is 363 g/mol. The zero-order chi connectivity index (χ0) is 16.3. The number of hydrazine groups is 1. The van der Waals surface area contributed by atoms with Gasteiger partial charge in [0.15, 0.2) is 5.69 Å². The summed E-state index contributed by atoms with van der Waals surface area (Å²) in [6.07, 6.45) is 0. The van der Waals surface area contributed by atoms with Crippen LogP contribution in [0.2, 0.25) is 0 Å². The number of hydrogen-bond donors (Lipinski definition) is 3. The summed E-state index contributed by atoms with van der Waals surface area (Å²) >= 11 is 3.40. The number of benzene rings is 1. The molecule has 1 amide bonds. The summed E-state index contributed by atoms with van der Waals surface area (Å²) in [6.45, 7) is 10.1. The van der Waals surface area contributed by atoms with Gasteiger partial charge in [-0.2, -0.15) is 5.10 Å². The van der Waals surface area contributed by atoms with Crippen molar-refractivity contribution >= 4 is 27.5 Å². The topological polar surface area (TPSA) is 69.8 Å². The van der Waals surface area contributed by atoms with Crippen LogP contribution in [0.25, 0.3) is 5.70 Å². The van der Waals surface area contributed by atoms with E-state index in [4.69, 9.17) is 0 Å². The molecule has 0 aliphatic rings. The fraction of sp³-hybridized carbons (Fsp3) is 0.250. The third-order valence-electron chi connectivity index (χ3n) is 3.12. The molecule has 1 heterocycles. The van der Waals surface area contributed by atoms with Gasteiger partial charge in [-0.15, -0.1) is 0 Å². The number of carbonyl (C=O) groups excluding carboxylic acids is 1. The molecule has 22 heavy (non-hydrogen) atoms. The van der Waals surface area contributed by atoms with Crippen LogP contribution in [0.3, 0.4) is 0 Å². The molecule has 2 aromatic rings. The Labute approximate surface area is 138 Å². The molecule has 1 aromatic heterocycles. The molecule has 116 valence electrons. The Kier molecular flexibility index (Phi) is 4.71. The molecule has 0 saturated carbocycles. The summed E-state index contributed by atoms with van der Waals surface area (Å²) in [4.78, 5) is 12.1. The maximum Gasteiger partial charge on any atom is 0.290 e. The number of nitrogens with one attached hydrogen (secondary N) is 3. The third kappa shape index (κ3) is 3.98. The summed E-state index contributed by atoms with van der Waals surface area (Å²) in [5.41, 5.74) is 8.03. The number of amides is 1. The number of aromatic amines is 1. The largest absolute Gasteiger partial charge is 0.298 e. The predicted molar refractivity (Wildman–Crippen MR) is 91.1 cm³/mol. The smallest absolute Gasteiger partial charge is 0.290 e. The molecule has 6 heteroatoms. The lowest BCUT2D eigenvalue weighted by Crippen LogP contribution is -2.36. The highest BCUT2D eigenvalue weighted by atomic mass is 79.9. The predicted octanol–water partition coefficient (Wildman–Crippen LogP) is 3.38. The summed E-state index contributed by atoms with van der Waals surface area (Å²) in [6, 6.07) is 9.38. The lowest BCUT2D eigenvalue weighted by Gasteiger charge is -2.14. The van der Waals surface area contributed by atoms with E-state index in [2.05, 4.69) is 64.3 Å². The third-order valence-corrected chi connectivity index (χ3v) is 3.61. The Morgan fingerprint density at radius 2 is 2.00 bits per heavy atom. The molecule has 0 radical (unpaired) electrons. The first kappa shape index (κ1) is 16.3. The van der Waals surface area contributed by atoms with E-state index < -0.39 is 0 Å². The quantitative estimate of drug-likeness (QED) is 0.730. The lowest BCUT2D eigenvalue weighted by atomic mass is 9.92. The Bertz CT molecular complexity index is 700. The Morgan fingerprint density at radius 3 is 2.59 bits per heavy atom. The van der Waals surface area contributed by atoms with E-state index in [0.717, 1.165) is 15.7 Å². The highest BCUT2D eigenvalue weighted by Gasteiger charge is 2.19. The minimum absolute atomic E-state index is 0.0845. The van der Waals surface area contributed by atoms with E-state index in [0.29, 0.717) is 11.4 Å². The molecule has 0 saturated heterocycles. The molecule has 0 atom stereocenters. The highest BCUT2D eigenvalue weighted by molar-refractivity contribution is 9.10. The number of halogens is 1. The van der Waals surface area contributed by atoms with Gasteiger partial charge < -0.3 is 0 Å². The standard InChI is InChI=1S/C16H19BrN4O/c1-10(11-6-5-7-12(17)8-11)18-21-15(22)13-9-14(20-19-13)16(2,3)4/h5-9,18H,1H2,2-4H3,(H,19,20)(H,21,22). The average Bonchev–Trinajstić information content (AvgIpc) is 2.94. The van der Waals surface area contributed by atoms with E-state index in [1.54, 1.807) is 6.07 Å². The Balaban J connectivity index is 1.98. The van der Waals surface area contributed by atoms with Crippen LogP contribution in [0.4, 0.5) is 0 Å². The van der Waals surface area contributed by atoms with Gasteiger partial charge in [0.1, 0.15) is 0 Å². The van der Waals surface area contributed by atoms with Crippen LogP contribution in [0.5, 0.6) is 0 Å². The maximum absolute atomic E-state index is 12.1. The minimum Gasteiger partial charge on any atom is -0.298 e. The van der Waals surface area contributed by atoms with Gasteiger partial charge in [0, 0.05) is 15.6 Å². The number of H-pyrrole nitrogens is 1. The molecule has 2 rings (SSSR count). The summed E-state index contributed by atoms with van der Waals surface area (Å²) in [7, 11) is 0. The van der Waals surface area contributed by atoms with Crippen molar-refractivity contribution in [2.45, 2.75) is 26.2 Å². The molecular formula is C16H19BrN4O. The first-order valence-corrected chi connectivity index (χ1v) is 7.64. The van der Waals surface area contributed by atoms with Crippen LogP contribution in [0.15, 0.2) is 41.4 Å². The number of nitrogens with zero attached hydrogens (tertiary/aromatic N) is 1. The summed E-state index contributed by atoms with van der Waals surface area (Å²) in [5, 5.41) is 6.92. The van der Waals surface area contributed by atoms with Crippen molar-refractivity contribution in [3.8, 4) is 0 Å². The number of rotatable bonds is 4. The first-order chi connectivity index (χ1) is 10.3. The lowest BCUT2D eigenvalue weighted by molar-refractivity contribution is 0.0937. The maximum atomic E-state index is 12.1. The normalized spacial score (nSPS) is 11.1. The first-order valence-electron chi connectivity index (χ1n) is 6.84. The Morgan fingerprint density at radius 1 is 1.27 bits per heavy atom. The molecule has 3 N–H and O–H groups in total. The highest BCUT2D eigenvalue weighted by Crippen LogP contribution is 2.20. The van der Waals surface area contributed by atoms with Gasteiger partial charge in [-0.3, -0.25) is 20.7 Å². The van der Waals surface area contributed by atoms with Gasteiger partial charge in [0.2, 0.25) is 0 Å². The number of aromatic nitrogens is 2. The molecule has 0 aliphatic heterocycles. The van der Waals surface area contributed by atoms with Crippen LogP contribution in [-0.2, 0) is 5.41 Å². The van der Waals surface area contributed by atoms with E-state index >= 15 is 0 Å². The second-order valence-electron chi connectivity index (χ2n) is 5.98. The molecule has 5 nitrogen and oxygen atoms in total. The van der Waals surface area contributed by atoms with Crippen molar-refractivity contribution < 1.29 is 4.79 Å². The van der Waals surface area contributed by atoms with Gasteiger partial charge in [-0.25, -0.2) is 0 Å². The van der Waals surface area contributed by atoms with Gasteiger partial charge in [-0.1, -0.05) is 55.4 Å². The van der Waals surface area contributed by atoms with Crippen molar-refractivity contribution in [1.82, 2.24) is 21.0 Å². The molecule has 0 fully saturated rings. The molecule has 0 aliphatic carbocycles. The number of hydrogen-bond acceptors (Lipinski definition) is 3. The monoisotopic (exact) mass is 362 g/mol. The second-order valence-corrected chi connectivity index (χ2v) is 6.90. The molecular weight excluding hydrogens is 344 g/mol. The van der Waals surface area contributed by atoms with Gasteiger partial charge in [0.05, 0.1) is 5.70 Å². The summed E-state index contributed by atoms with van der Waals surface area (Å²) in [5.74, 6) is -0.317. The van der Waals surface area contributed by atoms with Gasteiger partial charge >= 0.3 is 0 Å². The fourth-order valence-corrected chi connectivity index (χ4v) is 2.17. The van der Waals surface area contributed by atoms with Crippen molar-refractivity contribution in [3.05, 3.63) is 58.3 Å². The van der Waals surface area contributed by atoms with E-state index in [9.17, 15) is 4.79 Å². The van der Waals surface area contributed by atoms with Crippen LogP contribution in [0.1, 0.15) is 42.5 Å². The molecule has 0 unspecified atom stereocenters. The van der Waals surface area contributed by atoms with Crippen LogP contribution < -0.4 is 10.9 Å². The van der Waals surface area contributed by atoms with Gasteiger partial charge in [-0.05, 0) is 23.8 Å². The zero-order valence-electron chi connectivity index (χ0n) is 12.8. The fourth-order valence-electron chi connectivity index (χ4n) is 1.77. The van der Waals surface area contributed by atoms with Crippen molar-refractivity contribution in [2.24, 2.45) is 0 Å². The minimum atomic E-state index is -0.317. The van der Waals surface area contributed by atoms with E-state index in [1.165, 1.54) is 0 Å². The zero-order valence-corrected chi connectivity index (χ0v) is 14.4. The molecule has 0 bridgehead atoms. The second kappa shape index (κ2) is 6.36. The SMILES string of the molecule is C=C(NNC(=O)c1cc(C(C)(C)C)[nH]n1)c1cccc(Br)c1. The number of carbonyl (C=O) groups is 1. The molecule has 1 aromatic carbocycles. The van der Waals surface area contributed by atoms with Crippen LogP contribution >= 0.6 is 15.9 Å². The van der Waals surface area contributed by atoms with Crippen LogP contribution in [0, 0.1) is 0 Å². The molecule has 0 spiro atoms. The van der Waals surface area contributed by atoms with Crippen LogP contribution in [-0.4, -0.2) is 16.1 Å².